The van der Waals surface area contributed by atoms with E-state index in [1.54, 1.807) is 24.3 Å². The molecule has 1 amide bonds. The molecule has 2 aliphatic heterocycles. The highest BCUT2D eigenvalue weighted by atomic mass is 16.5. The van der Waals surface area contributed by atoms with Gasteiger partial charge < -0.3 is 14.5 Å². The van der Waals surface area contributed by atoms with E-state index in [1.165, 1.54) is 18.2 Å². The maximum atomic E-state index is 12.7. The van der Waals surface area contributed by atoms with Crippen LogP contribution in [0.4, 0.5) is 5.69 Å². The second kappa shape index (κ2) is 7.43. The van der Waals surface area contributed by atoms with E-state index < -0.39 is 0 Å². The van der Waals surface area contributed by atoms with Gasteiger partial charge in [-0.3, -0.25) is 9.59 Å². The topological polar surface area (TPSA) is 49.9 Å². The molecule has 5 heteroatoms. The molecule has 1 atom stereocenters. The molecule has 0 bridgehead atoms. The van der Waals surface area contributed by atoms with Gasteiger partial charge in [0.25, 0.3) is 5.91 Å². The van der Waals surface area contributed by atoms with E-state index in [4.69, 9.17) is 4.74 Å². The molecule has 27 heavy (non-hydrogen) atoms. The van der Waals surface area contributed by atoms with Crippen molar-refractivity contribution in [1.29, 1.82) is 0 Å². The summed E-state index contributed by atoms with van der Waals surface area (Å²) < 4.78 is 5.65. The number of rotatable bonds is 4. The van der Waals surface area contributed by atoms with Crippen molar-refractivity contribution in [2.24, 2.45) is 0 Å². The molecule has 0 aromatic heterocycles. The third-order valence-electron chi connectivity index (χ3n) is 5.43. The van der Waals surface area contributed by atoms with Gasteiger partial charge in [0, 0.05) is 30.9 Å². The highest BCUT2D eigenvalue weighted by molar-refractivity contribution is 5.94. The van der Waals surface area contributed by atoms with Gasteiger partial charge in [0.2, 0.25) is 0 Å². The lowest BCUT2D eigenvalue weighted by Gasteiger charge is -2.27. The Balaban J connectivity index is 1.36. The quantitative estimate of drug-likeness (QED) is 0.783. The molecular weight excluding hydrogens is 340 g/mol. The van der Waals surface area contributed by atoms with E-state index in [-0.39, 0.29) is 18.3 Å². The van der Waals surface area contributed by atoms with Gasteiger partial charge in [0.05, 0.1) is 6.04 Å². The Hall–Kier alpha value is -2.82. The molecule has 1 saturated heterocycles. The van der Waals surface area contributed by atoms with Gasteiger partial charge in [0.1, 0.15) is 5.75 Å². The standard InChI is InChI=1S/C22H24N2O3/c1-16(25)17-7-9-20(10-8-17)27-15-22(26)23-11-4-12-24-19(14-23)13-18-5-2-3-6-21(18)24/h2-3,5-10,19H,4,11-15H2,1H3. The lowest BCUT2D eigenvalue weighted by molar-refractivity contribution is -0.133. The molecular formula is C22H24N2O3. The number of ether oxygens (including phenoxy) is 1. The van der Waals surface area contributed by atoms with E-state index in [0.29, 0.717) is 17.4 Å². The molecule has 0 N–H and O–H groups in total. The van der Waals surface area contributed by atoms with Crippen LogP contribution in [0.2, 0.25) is 0 Å². The van der Waals surface area contributed by atoms with Gasteiger partial charge in [-0.25, -0.2) is 0 Å². The number of Topliss-reactive ketones (excluding diaryl/α,β-unsaturated/α-hetero) is 1. The summed E-state index contributed by atoms with van der Waals surface area (Å²) in [6.07, 6.45) is 1.96. The van der Waals surface area contributed by atoms with Crippen molar-refractivity contribution in [2.45, 2.75) is 25.8 Å². The number of anilines is 1. The van der Waals surface area contributed by atoms with Crippen molar-refractivity contribution >= 4 is 17.4 Å². The molecule has 2 heterocycles. The van der Waals surface area contributed by atoms with Crippen LogP contribution < -0.4 is 9.64 Å². The van der Waals surface area contributed by atoms with Crippen molar-refractivity contribution in [3.63, 3.8) is 0 Å². The SMILES string of the molecule is CC(=O)c1ccc(OCC(=O)N2CCCN3c4ccccc4CC3C2)cc1. The lowest BCUT2D eigenvalue weighted by Crippen LogP contribution is -2.43. The van der Waals surface area contributed by atoms with Crippen molar-refractivity contribution in [3.8, 4) is 5.75 Å². The van der Waals surface area contributed by atoms with Crippen LogP contribution in [0, 0.1) is 0 Å². The van der Waals surface area contributed by atoms with Crippen LogP contribution in [0.5, 0.6) is 5.75 Å². The first-order valence-corrected chi connectivity index (χ1v) is 9.48. The Labute approximate surface area is 159 Å². The summed E-state index contributed by atoms with van der Waals surface area (Å²) in [5.41, 5.74) is 3.33. The average Bonchev–Trinajstić information content (AvgIpc) is 2.89. The number of para-hydroxylation sites is 1. The zero-order chi connectivity index (χ0) is 18.8. The third kappa shape index (κ3) is 3.68. The van der Waals surface area contributed by atoms with Crippen LogP contribution >= 0.6 is 0 Å². The number of benzene rings is 2. The summed E-state index contributed by atoms with van der Waals surface area (Å²) in [6.45, 7) is 4.04. The van der Waals surface area contributed by atoms with Crippen LogP contribution in [-0.4, -0.2) is 48.9 Å². The number of ketones is 1. The van der Waals surface area contributed by atoms with E-state index in [2.05, 4.69) is 29.2 Å². The fraction of sp³-hybridized carbons (Fsp3) is 0.364. The van der Waals surface area contributed by atoms with Gasteiger partial charge in [-0.15, -0.1) is 0 Å². The number of amides is 1. The minimum atomic E-state index is 0.0171. The van der Waals surface area contributed by atoms with E-state index in [1.807, 2.05) is 4.90 Å². The summed E-state index contributed by atoms with van der Waals surface area (Å²) in [7, 11) is 0. The van der Waals surface area contributed by atoms with Crippen LogP contribution in [0.25, 0.3) is 0 Å². The Bertz CT molecular complexity index is 847. The molecule has 1 fully saturated rings. The second-order valence-corrected chi connectivity index (χ2v) is 7.24. The zero-order valence-electron chi connectivity index (χ0n) is 15.6. The molecule has 2 aromatic carbocycles. The molecule has 140 valence electrons. The Morgan fingerprint density at radius 1 is 1.07 bits per heavy atom. The molecule has 2 aliphatic rings. The summed E-state index contributed by atoms with van der Waals surface area (Å²) in [4.78, 5) is 28.4. The maximum absolute atomic E-state index is 12.7. The number of nitrogens with zero attached hydrogens (tertiary/aromatic N) is 2. The zero-order valence-corrected chi connectivity index (χ0v) is 15.6. The minimum absolute atomic E-state index is 0.0171. The van der Waals surface area contributed by atoms with Crippen molar-refractivity contribution in [1.82, 2.24) is 4.90 Å². The third-order valence-corrected chi connectivity index (χ3v) is 5.43. The average molecular weight is 364 g/mol. The van der Waals surface area contributed by atoms with E-state index in [0.717, 1.165) is 32.5 Å². The summed E-state index contributed by atoms with van der Waals surface area (Å²) in [5.74, 6) is 0.644. The van der Waals surface area contributed by atoms with Crippen LogP contribution in [0.3, 0.4) is 0 Å². The fourth-order valence-corrected chi connectivity index (χ4v) is 4.02. The van der Waals surface area contributed by atoms with Crippen LogP contribution in [-0.2, 0) is 11.2 Å². The molecule has 0 radical (unpaired) electrons. The predicted octanol–water partition coefficient (Wildman–Crippen LogP) is 2.93. The van der Waals surface area contributed by atoms with Gasteiger partial charge in [-0.05, 0) is 55.7 Å². The molecule has 0 aliphatic carbocycles. The number of carbonyl (C=O) groups is 2. The Kier molecular flexibility index (Phi) is 4.84. The normalized spacial score (nSPS) is 18.5. The lowest BCUT2D eigenvalue weighted by atomic mass is 10.1. The molecule has 4 rings (SSSR count). The molecule has 0 saturated carbocycles. The first-order chi connectivity index (χ1) is 13.1. The van der Waals surface area contributed by atoms with E-state index in [9.17, 15) is 9.59 Å². The van der Waals surface area contributed by atoms with Crippen molar-refractivity contribution < 1.29 is 14.3 Å². The highest BCUT2D eigenvalue weighted by Gasteiger charge is 2.33. The Morgan fingerprint density at radius 3 is 2.63 bits per heavy atom. The number of carbonyl (C=O) groups excluding carboxylic acids is 2. The fourth-order valence-electron chi connectivity index (χ4n) is 4.02. The van der Waals surface area contributed by atoms with Gasteiger partial charge in [0.15, 0.2) is 12.4 Å². The molecule has 2 aromatic rings. The number of fused-ring (bicyclic) bond motifs is 3. The number of hydrogen-bond acceptors (Lipinski definition) is 4. The maximum Gasteiger partial charge on any atom is 0.260 e. The highest BCUT2D eigenvalue weighted by Crippen LogP contribution is 2.33. The largest absolute Gasteiger partial charge is 0.484 e. The summed E-state index contributed by atoms with van der Waals surface area (Å²) in [6, 6.07) is 15.8. The van der Waals surface area contributed by atoms with Gasteiger partial charge in [-0.2, -0.15) is 0 Å². The predicted molar refractivity (Wildman–Crippen MR) is 104 cm³/mol. The molecule has 0 spiro atoms. The summed E-state index contributed by atoms with van der Waals surface area (Å²) in [5, 5.41) is 0. The monoisotopic (exact) mass is 364 g/mol. The van der Waals surface area contributed by atoms with Gasteiger partial charge in [-0.1, -0.05) is 18.2 Å². The van der Waals surface area contributed by atoms with Crippen molar-refractivity contribution in [3.05, 3.63) is 59.7 Å². The second-order valence-electron chi connectivity index (χ2n) is 7.24. The van der Waals surface area contributed by atoms with Gasteiger partial charge >= 0.3 is 0 Å². The minimum Gasteiger partial charge on any atom is -0.484 e. The molecule has 5 nitrogen and oxygen atoms in total. The van der Waals surface area contributed by atoms with Crippen molar-refractivity contribution in [2.75, 3.05) is 31.1 Å². The first kappa shape index (κ1) is 17.6. The Morgan fingerprint density at radius 2 is 1.85 bits per heavy atom. The summed E-state index contributed by atoms with van der Waals surface area (Å²) >= 11 is 0. The first-order valence-electron chi connectivity index (χ1n) is 9.48. The van der Waals surface area contributed by atoms with E-state index >= 15 is 0 Å². The van der Waals surface area contributed by atoms with Crippen LogP contribution in [0.1, 0.15) is 29.3 Å². The molecule has 1 unspecified atom stereocenters. The number of hydrogen-bond donors (Lipinski definition) is 0. The van der Waals surface area contributed by atoms with Crippen LogP contribution in [0.15, 0.2) is 48.5 Å². The smallest absolute Gasteiger partial charge is 0.260 e.